The highest BCUT2D eigenvalue weighted by Crippen LogP contribution is 2.16. The van der Waals surface area contributed by atoms with Crippen LogP contribution in [0, 0.1) is 13.8 Å². The number of nitrogens with one attached hydrogen (secondary N) is 1. The lowest BCUT2D eigenvalue weighted by Crippen LogP contribution is -2.35. The van der Waals surface area contributed by atoms with Crippen LogP contribution in [-0.2, 0) is 10.0 Å². The molecule has 0 atom stereocenters. The van der Waals surface area contributed by atoms with Crippen molar-refractivity contribution >= 4 is 10.0 Å². The molecule has 0 unspecified atom stereocenters. The van der Waals surface area contributed by atoms with Crippen molar-refractivity contribution in [2.75, 3.05) is 26.2 Å². The van der Waals surface area contributed by atoms with E-state index in [4.69, 9.17) is 0 Å². The molecular formula is C16H26N2O2S. The van der Waals surface area contributed by atoms with E-state index < -0.39 is 10.0 Å². The summed E-state index contributed by atoms with van der Waals surface area (Å²) in [4.78, 5) is 2.76. The Morgan fingerprint density at radius 2 is 1.76 bits per heavy atom. The minimum absolute atomic E-state index is 0.401. The average molecular weight is 310 g/mol. The van der Waals surface area contributed by atoms with Gasteiger partial charge in [0, 0.05) is 13.1 Å². The summed E-state index contributed by atoms with van der Waals surface area (Å²) >= 11 is 0. The van der Waals surface area contributed by atoms with Crippen molar-refractivity contribution in [3.05, 3.63) is 29.3 Å². The van der Waals surface area contributed by atoms with Crippen LogP contribution >= 0.6 is 0 Å². The molecule has 0 amide bonds. The van der Waals surface area contributed by atoms with Gasteiger partial charge in [-0.2, -0.15) is 0 Å². The van der Waals surface area contributed by atoms with Crippen molar-refractivity contribution in [2.24, 2.45) is 0 Å². The Morgan fingerprint density at radius 3 is 2.43 bits per heavy atom. The van der Waals surface area contributed by atoms with Gasteiger partial charge in [-0.25, -0.2) is 13.1 Å². The van der Waals surface area contributed by atoms with Gasteiger partial charge in [0.1, 0.15) is 0 Å². The Bertz CT molecular complexity index is 562. The van der Waals surface area contributed by atoms with E-state index >= 15 is 0 Å². The molecule has 0 aliphatic carbocycles. The standard InChI is InChI=1S/C16H26N2O2S/c1-14-7-8-15(2)16(13-14)21(19,20)17-9-12-18-10-5-3-4-6-11-18/h7-8,13,17H,3-6,9-12H2,1-2H3. The molecule has 0 radical (unpaired) electrons. The van der Waals surface area contributed by atoms with Gasteiger partial charge in [0.25, 0.3) is 0 Å². The van der Waals surface area contributed by atoms with Crippen LogP contribution in [0.1, 0.15) is 36.8 Å². The number of likely N-dealkylation sites (tertiary alicyclic amines) is 1. The number of hydrogen-bond donors (Lipinski definition) is 1. The third-order valence-corrected chi connectivity index (χ3v) is 5.65. The lowest BCUT2D eigenvalue weighted by atomic mass is 10.2. The minimum atomic E-state index is -3.40. The predicted octanol–water partition coefficient (Wildman–Crippen LogP) is 2.46. The van der Waals surface area contributed by atoms with E-state index in [0.717, 1.165) is 30.8 Å². The number of hydrogen-bond acceptors (Lipinski definition) is 3. The number of nitrogens with zero attached hydrogens (tertiary/aromatic N) is 1. The molecule has 0 spiro atoms. The van der Waals surface area contributed by atoms with Gasteiger partial charge in [0.05, 0.1) is 4.90 Å². The Balaban J connectivity index is 1.93. The second-order valence-corrected chi connectivity index (χ2v) is 7.66. The number of rotatable bonds is 5. The van der Waals surface area contributed by atoms with Crippen LogP contribution in [0.3, 0.4) is 0 Å². The first-order valence-corrected chi connectivity index (χ1v) is 9.27. The molecule has 21 heavy (non-hydrogen) atoms. The maximum absolute atomic E-state index is 12.4. The van der Waals surface area contributed by atoms with Crippen molar-refractivity contribution in [2.45, 2.75) is 44.4 Å². The largest absolute Gasteiger partial charge is 0.302 e. The van der Waals surface area contributed by atoms with Crippen molar-refractivity contribution in [3.63, 3.8) is 0 Å². The molecule has 118 valence electrons. The first kappa shape index (κ1) is 16.5. The molecule has 0 aromatic heterocycles. The predicted molar refractivity (Wildman–Crippen MR) is 86.0 cm³/mol. The molecule has 0 saturated carbocycles. The lowest BCUT2D eigenvalue weighted by Gasteiger charge is -2.20. The van der Waals surface area contributed by atoms with Crippen LogP contribution in [0.15, 0.2) is 23.1 Å². The molecule has 1 aromatic carbocycles. The van der Waals surface area contributed by atoms with Gasteiger partial charge in [-0.3, -0.25) is 0 Å². The molecule has 2 rings (SSSR count). The highest BCUT2D eigenvalue weighted by molar-refractivity contribution is 7.89. The Labute approximate surface area is 128 Å². The molecule has 1 aliphatic rings. The zero-order valence-electron chi connectivity index (χ0n) is 13.1. The second kappa shape index (κ2) is 7.38. The zero-order chi connectivity index (χ0) is 15.3. The van der Waals surface area contributed by atoms with Crippen LogP contribution in [-0.4, -0.2) is 39.5 Å². The lowest BCUT2D eigenvalue weighted by molar-refractivity contribution is 0.290. The molecule has 1 N–H and O–H groups in total. The molecule has 1 saturated heterocycles. The first-order chi connectivity index (χ1) is 9.99. The van der Waals surface area contributed by atoms with E-state index in [1.165, 1.54) is 25.7 Å². The van der Waals surface area contributed by atoms with Gasteiger partial charge >= 0.3 is 0 Å². The molecule has 4 nitrogen and oxygen atoms in total. The first-order valence-electron chi connectivity index (χ1n) is 7.78. The average Bonchev–Trinajstić information content (AvgIpc) is 2.70. The van der Waals surface area contributed by atoms with Crippen LogP contribution in [0.25, 0.3) is 0 Å². The molecule has 0 bridgehead atoms. The van der Waals surface area contributed by atoms with E-state index in [1.54, 1.807) is 6.07 Å². The van der Waals surface area contributed by atoms with Crippen LogP contribution < -0.4 is 4.72 Å². The van der Waals surface area contributed by atoms with Gasteiger partial charge in [0.2, 0.25) is 10.0 Å². The maximum Gasteiger partial charge on any atom is 0.240 e. The number of aryl methyl sites for hydroxylation is 2. The molecule has 1 fully saturated rings. The fourth-order valence-electron chi connectivity index (χ4n) is 2.77. The van der Waals surface area contributed by atoms with Crippen LogP contribution in [0.5, 0.6) is 0 Å². The van der Waals surface area contributed by atoms with Crippen molar-refractivity contribution in [1.82, 2.24) is 9.62 Å². The van der Waals surface area contributed by atoms with Crippen LogP contribution in [0.2, 0.25) is 0 Å². The summed E-state index contributed by atoms with van der Waals surface area (Å²) in [6, 6.07) is 5.54. The summed E-state index contributed by atoms with van der Waals surface area (Å²) in [5, 5.41) is 0. The maximum atomic E-state index is 12.4. The third kappa shape index (κ3) is 4.80. The van der Waals surface area contributed by atoms with Crippen molar-refractivity contribution in [1.29, 1.82) is 0 Å². The summed E-state index contributed by atoms with van der Waals surface area (Å²) in [5.74, 6) is 0. The fraction of sp³-hybridized carbons (Fsp3) is 0.625. The van der Waals surface area contributed by atoms with Gasteiger partial charge < -0.3 is 4.90 Å². The van der Waals surface area contributed by atoms with Crippen molar-refractivity contribution < 1.29 is 8.42 Å². The van der Waals surface area contributed by atoms with Crippen LogP contribution in [0.4, 0.5) is 0 Å². The smallest absolute Gasteiger partial charge is 0.240 e. The second-order valence-electron chi connectivity index (χ2n) is 5.92. The van der Waals surface area contributed by atoms with Gasteiger partial charge in [-0.05, 0) is 57.0 Å². The minimum Gasteiger partial charge on any atom is -0.302 e. The summed E-state index contributed by atoms with van der Waals surface area (Å²) in [6.45, 7) is 7.20. The molecule has 1 aromatic rings. The molecule has 1 aliphatic heterocycles. The van der Waals surface area contributed by atoms with Crippen molar-refractivity contribution in [3.8, 4) is 0 Å². The third-order valence-electron chi connectivity index (χ3n) is 4.05. The van der Waals surface area contributed by atoms with E-state index in [9.17, 15) is 8.42 Å². The quantitative estimate of drug-likeness (QED) is 0.909. The number of sulfonamides is 1. The molecule has 5 heteroatoms. The zero-order valence-corrected chi connectivity index (χ0v) is 13.9. The summed E-state index contributed by atoms with van der Waals surface area (Å²) in [7, 11) is -3.40. The molecule has 1 heterocycles. The number of benzene rings is 1. The summed E-state index contributed by atoms with van der Waals surface area (Å²) in [6.07, 6.45) is 5.04. The normalized spacial score (nSPS) is 17.6. The van der Waals surface area contributed by atoms with Gasteiger partial charge in [-0.15, -0.1) is 0 Å². The van der Waals surface area contributed by atoms with E-state index in [-0.39, 0.29) is 0 Å². The highest BCUT2D eigenvalue weighted by atomic mass is 32.2. The SMILES string of the molecule is Cc1ccc(C)c(S(=O)(=O)NCCN2CCCCCC2)c1. The Kier molecular flexibility index (Phi) is 5.79. The van der Waals surface area contributed by atoms with E-state index in [1.807, 2.05) is 26.0 Å². The highest BCUT2D eigenvalue weighted by Gasteiger charge is 2.17. The van der Waals surface area contributed by atoms with E-state index in [2.05, 4.69) is 9.62 Å². The topological polar surface area (TPSA) is 49.4 Å². The fourth-order valence-corrected chi connectivity index (χ4v) is 4.12. The Morgan fingerprint density at radius 1 is 1.10 bits per heavy atom. The van der Waals surface area contributed by atoms with Gasteiger partial charge in [-0.1, -0.05) is 25.0 Å². The molecular weight excluding hydrogens is 284 g/mol. The Hall–Kier alpha value is -0.910. The van der Waals surface area contributed by atoms with E-state index in [0.29, 0.717) is 11.4 Å². The monoisotopic (exact) mass is 310 g/mol. The summed E-state index contributed by atoms with van der Waals surface area (Å²) < 4.78 is 27.5. The van der Waals surface area contributed by atoms with Gasteiger partial charge in [0.15, 0.2) is 0 Å². The summed E-state index contributed by atoms with van der Waals surface area (Å²) in [5.41, 5.74) is 1.76.